The zero-order valence-corrected chi connectivity index (χ0v) is 11.4. The van der Waals surface area contributed by atoms with Gasteiger partial charge in [-0.25, -0.2) is 0 Å². The molecule has 17 heavy (non-hydrogen) atoms. The van der Waals surface area contributed by atoms with E-state index < -0.39 is 0 Å². The van der Waals surface area contributed by atoms with Crippen LogP contribution in [0, 0.1) is 0 Å². The molecule has 0 radical (unpaired) electrons. The van der Waals surface area contributed by atoms with Crippen molar-refractivity contribution in [2.24, 2.45) is 0 Å². The quantitative estimate of drug-likeness (QED) is 0.645. The van der Waals surface area contributed by atoms with Crippen LogP contribution in [0.4, 0.5) is 0 Å². The van der Waals surface area contributed by atoms with Crippen molar-refractivity contribution in [1.29, 1.82) is 0 Å². The molecular formula is C15H14Cl2. The van der Waals surface area contributed by atoms with Gasteiger partial charge >= 0.3 is 0 Å². The highest BCUT2D eigenvalue weighted by atomic mass is 35.5. The van der Waals surface area contributed by atoms with Gasteiger partial charge in [0, 0.05) is 15.6 Å². The summed E-state index contributed by atoms with van der Waals surface area (Å²) in [6, 6.07) is 14.1. The van der Waals surface area contributed by atoms with Gasteiger partial charge in [0.1, 0.15) is 0 Å². The minimum absolute atomic E-state index is 0.515. The van der Waals surface area contributed by atoms with Gasteiger partial charge < -0.3 is 0 Å². The standard InChI is InChI=1S/C15H14Cl2/c1-10(2)11-4-3-5-12(8-11)14-7-6-13(16)9-15(14)17/h3-10H,1-2H3. The molecule has 2 aromatic rings. The molecule has 2 rings (SSSR count). The van der Waals surface area contributed by atoms with E-state index >= 15 is 0 Å². The van der Waals surface area contributed by atoms with E-state index in [1.54, 1.807) is 6.07 Å². The van der Waals surface area contributed by atoms with Crippen LogP contribution in [-0.2, 0) is 0 Å². The van der Waals surface area contributed by atoms with Gasteiger partial charge in [0.15, 0.2) is 0 Å². The smallest absolute Gasteiger partial charge is 0.0499 e. The van der Waals surface area contributed by atoms with Crippen LogP contribution in [0.5, 0.6) is 0 Å². The maximum Gasteiger partial charge on any atom is 0.0499 e. The van der Waals surface area contributed by atoms with E-state index in [-0.39, 0.29) is 0 Å². The van der Waals surface area contributed by atoms with Crippen molar-refractivity contribution in [1.82, 2.24) is 0 Å². The van der Waals surface area contributed by atoms with Gasteiger partial charge in [-0.2, -0.15) is 0 Å². The molecule has 0 aliphatic heterocycles. The molecule has 0 fully saturated rings. The van der Waals surface area contributed by atoms with Crippen LogP contribution in [0.1, 0.15) is 25.3 Å². The lowest BCUT2D eigenvalue weighted by molar-refractivity contribution is 0.867. The lowest BCUT2D eigenvalue weighted by Gasteiger charge is -2.09. The molecule has 2 heteroatoms. The first-order chi connectivity index (χ1) is 8.08. The minimum atomic E-state index is 0.515. The highest BCUT2D eigenvalue weighted by Gasteiger charge is 2.06. The fourth-order valence-corrected chi connectivity index (χ4v) is 2.31. The van der Waals surface area contributed by atoms with Crippen LogP contribution in [0.15, 0.2) is 42.5 Å². The van der Waals surface area contributed by atoms with E-state index in [9.17, 15) is 0 Å². The minimum Gasteiger partial charge on any atom is -0.0843 e. The number of hydrogen-bond donors (Lipinski definition) is 0. The summed E-state index contributed by atoms with van der Waals surface area (Å²) in [5, 5.41) is 1.36. The summed E-state index contributed by atoms with van der Waals surface area (Å²) >= 11 is 12.1. The summed E-state index contributed by atoms with van der Waals surface area (Å²) in [5.74, 6) is 0.515. The zero-order chi connectivity index (χ0) is 12.4. The predicted molar refractivity (Wildman–Crippen MR) is 76.0 cm³/mol. The van der Waals surface area contributed by atoms with Gasteiger partial charge in [0.25, 0.3) is 0 Å². The van der Waals surface area contributed by atoms with Crippen molar-refractivity contribution in [2.75, 3.05) is 0 Å². The lowest BCUT2D eigenvalue weighted by Crippen LogP contribution is -1.88. The second kappa shape index (κ2) is 5.12. The third kappa shape index (κ3) is 2.83. The normalized spacial score (nSPS) is 10.9. The van der Waals surface area contributed by atoms with E-state index in [4.69, 9.17) is 23.2 Å². The van der Waals surface area contributed by atoms with Gasteiger partial charge in [-0.15, -0.1) is 0 Å². The van der Waals surface area contributed by atoms with Crippen LogP contribution < -0.4 is 0 Å². The molecule has 88 valence electrons. The van der Waals surface area contributed by atoms with E-state index in [0.29, 0.717) is 16.0 Å². The number of halogens is 2. The van der Waals surface area contributed by atoms with Crippen LogP contribution in [-0.4, -0.2) is 0 Å². The van der Waals surface area contributed by atoms with Gasteiger partial charge in [-0.3, -0.25) is 0 Å². The highest BCUT2D eigenvalue weighted by Crippen LogP contribution is 2.31. The van der Waals surface area contributed by atoms with Crippen LogP contribution >= 0.6 is 23.2 Å². The van der Waals surface area contributed by atoms with Crippen molar-refractivity contribution < 1.29 is 0 Å². The third-order valence-corrected chi connectivity index (χ3v) is 3.34. The summed E-state index contributed by atoms with van der Waals surface area (Å²) in [6.07, 6.45) is 0. The Morgan fingerprint density at radius 3 is 2.35 bits per heavy atom. The SMILES string of the molecule is CC(C)c1cccc(-c2ccc(Cl)cc2Cl)c1. The van der Waals surface area contributed by atoms with Crippen LogP contribution in [0.25, 0.3) is 11.1 Å². The largest absolute Gasteiger partial charge is 0.0843 e. The Kier molecular flexibility index (Phi) is 3.76. The number of hydrogen-bond acceptors (Lipinski definition) is 0. The summed E-state index contributed by atoms with van der Waals surface area (Å²) in [4.78, 5) is 0. The fraction of sp³-hybridized carbons (Fsp3) is 0.200. The van der Waals surface area contributed by atoms with Crippen molar-refractivity contribution in [2.45, 2.75) is 19.8 Å². The molecular weight excluding hydrogens is 251 g/mol. The predicted octanol–water partition coefficient (Wildman–Crippen LogP) is 5.78. The number of benzene rings is 2. The van der Waals surface area contributed by atoms with Crippen LogP contribution in [0.2, 0.25) is 10.0 Å². The Morgan fingerprint density at radius 1 is 0.941 bits per heavy atom. The van der Waals surface area contributed by atoms with E-state index in [0.717, 1.165) is 11.1 Å². The molecule has 0 atom stereocenters. The summed E-state index contributed by atoms with van der Waals surface area (Å²) in [6.45, 7) is 4.37. The molecule has 0 saturated heterocycles. The maximum absolute atomic E-state index is 6.21. The maximum atomic E-state index is 6.21. The second-order valence-electron chi connectivity index (χ2n) is 4.40. The molecule has 0 bridgehead atoms. The van der Waals surface area contributed by atoms with E-state index in [2.05, 4.69) is 38.1 Å². The van der Waals surface area contributed by atoms with Gasteiger partial charge in [0.2, 0.25) is 0 Å². The molecule has 2 aromatic carbocycles. The summed E-state index contributed by atoms with van der Waals surface area (Å²) in [5.41, 5.74) is 3.48. The molecule has 0 heterocycles. The molecule has 0 nitrogen and oxygen atoms in total. The summed E-state index contributed by atoms with van der Waals surface area (Å²) < 4.78 is 0. The van der Waals surface area contributed by atoms with Crippen LogP contribution in [0.3, 0.4) is 0 Å². The Balaban J connectivity index is 2.49. The molecule has 0 amide bonds. The Morgan fingerprint density at radius 2 is 1.71 bits per heavy atom. The molecule has 0 unspecified atom stereocenters. The third-order valence-electron chi connectivity index (χ3n) is 2.80. The van der Waals surface area contributed by atoms with Gasteiger partial charge in [-0.05, 0) is 29.2 Å². The average molecular weight is 265 g/mol. The zero-order valence-electron chi connectivity index (χ0n) is 9.87. The first-order valence-electron chi connectivity index (χ1n) is 5.63. The molecule has 0 aliphatic rings. The monoisotopic (exact) mass is 264 g/mol. The Bertz CT molecular complexity index is 530. The Hall–Kier alpha value is -0.980. The van der Waals surface area contributed by atoms with Gasteiger partial charge in [0.05, 0.1) is 0 Å². The van der Waals surface area contributed by atoms with E-state index in [1.807, 2.05) is 12.1 Å². The molecule has 0 saturated carbocycles. The lowest BCUT2D eigenvalue weighted by atomic mass is 9.97. The first kappa shape index (κ1) is 12.5. The van der Waals surface area contributed by atoms with Crippen molar-refractivity contribution in [3.8, 4) is 11.1 Å². The molecule has 0 N–H and O–H groups in total. The fourth-order valence-electron chi connectivity index (χ4n) is 1.79. The van der Waals surface area contributed by atoms with Gasteiger partial charge in [-0.1, -0.05) is 67.4 Å². The first-order valence-corrected chi connectivity index (χ1v) is 6.39. The average Bonchev–Trinajstić information content (AvgIpc) is 2.29. The topological polar surface area (TPSA) is 0 Å². The molecule has 0 aliphatic carbocycles. The molecule has 0 aromatic heterocycles. The second-order valence-corrected chi connectivity index (χ2v) is 5.25. The van der Waals surface area contributed by atoms with Crippen molar-refractivity contribution in [3.63, 3.8) is 0 Å². The Labute approximate surface area is 112 Å². The summed E-state index contributed by atoms with van der Waals surface area (Å²) in [7, 11) is 0. The highest BCUT2D eigenvalue weighted by molar-refractivity contribution is 6.36. The van der Waals surface area contributed by atoms with Crippen molar-refractivity contribution in [3.05, 3.63) is 58.1 Å². The van der Waals surface area contributed by atoms with Crippen molar-refractivity contribution >= 4 is 23.2 Å². The number of rotatable bonds is 2. The molecule has 0 spiro atoms. The van der Waals surface area contributed by atoms with E-state index in [1.165, 1.54) is 5.56 Å².